The minimum atomic E-state index is -0.691. The first-order valence-corrected chi connectivity index (χ1v) is 9.15. The van der Waals surface area contributed by atoms with Gasteiger partial charge in [0.2, 0.25) is 5.75 Å². The van der Waals surface area contributed by atoms with E-state index in [0.717, 1.165) is 18.7 Å². The van der Waals surface area contributed by atoms with Crippen LogP contribution < -0.4 is 31.6 Å². The summed E-state index contributed by atoms with van der Waals surface area (Å²) in [5.41, 5.74) is 0.505. The number of nitrogens with one attached hydrogen (secondary N) is 4. The number of carbonyl (C=O) groups excluding carboxylic acids is 1. The monoisotopic (exact) mass is 385 g/mol. The molecular formula is C18H23N7O3. The van der Waals surface area contributed by atoms with Crippen molar-refractivity contribution in [2.75, 3.05) is 37.9 Å². The highest BCUT2D eigenvalue weighted by Gasteiger charge is 2.45. The zero-order chi connectivity index (χ0) is 19.9. The predicted octanol–water partition coefficient (Wildman–Crippen LogP) is 0.520. The molecule has 0 aromatic carbocycles. The van der Waals surface area contributed by atoms with Crippen molar-refractivity contribution in [3.05, 3.63) is 34.0 Å². The van der Waals surface area contributed by atoms with E-state index in [-0.39, 0.29) is 11.5 Å². The molecule has 4 N–H and O–H groups in total. The Morgan fingerprint density at radius 3 is 2.61 bits per heavy atom. The number of hydrogen-bond donors (Lipinski definition) is 4. The number of aryl methyl sites for hydroxylation is 1. The van der Waals surface area contributed by atoms with Crippen LogP contribution in [-0.2, 0) is 5.66 Å². The summed E-state index contributed by atoms with van der Waals surface area (Å²) in [7, 11) is 3.24. The van der Waals surface area contributed by atoms with Crippen molar-refractivity contribution < 1.29 is 9.53 Å². The number of pyridine rings is 1. The van der Waals surface area contributed by atoms with E-state index in [1.54, 1.807) is 17.7 Å². The van der Waals surface area contributed by atoms with Crippen LogP contribution in [0.3, 0.4) is 0 Å². The molecule has 0 bridgehead atoms. The Morgan fingerprint density at radius 2 is 1.93 bits per heavy atom. The third-order valence-electron chi connectivity index (χ3n) is 5.31. The molecule has 0 aliphatic carbocycles. The van der Waals surface area contributed by atoms with Crippen molar-refractivity contribution >= 4 is 23.2 Å². The van der Waals surface area contributed by atoms with Crippen LogP contribution in [-0.4, -0.2) is 47.7 Å². The van der Waals surface area contributed by atoms with E-state index in [1.165, 1.54) is 13.4 Å². The number of piperidine rings is 1. The SMILES string of the molecule is CNc1ncnc(Nc2cc(C)c3n(c2=O)C2(CCNCC2)NC3=O)c1OC. The standard InChI is InChI=1S/C18H23N7O3/c1-10-8-11(23-15-13(28-3)14(19-2)21-9-22-15)17(27)25-12(10)16(26)24-18(25)4-6-20-7-5-18/h8-9,20H,4-7H2,1-3H3,(H,24,26)(H2,19,21,22,23). The first kappa shape index (κ1) is 18.2. The minimum absolute atomic E-state index is 0.208. The quantitative estimate of drug-likeness (QED) is 0.601. The maximum Gasteiger partial charge on any atom is 0.276 e. The fourth-order valence-electron chi connectivity index (χ4n) is 4.00. The van der Waals surface area contributed by atoms with Crippen LogP contribution in [0.25, 0.3) is 0 Å². The summed E-state index contributed by atoms with van der Waals surface area (Å²) >= 11 is 0. The fourth-order valence-corrected chi connectivity index (χ4v) is 4.00. The molecule has 4 heterocycles. The van der Waals surface area contributed by atoms with Crippen molar-refractivity contribution in [3.63, 3.8) is 0 Å². The van der Waals surface area contributed by atoms with Crippen LogP contribution in [0.1, 0.15) is 28.9 Å². The van der Waals surface area contributed by atoms with Crippen LogP contribution in [0.2, 0.25) is 0 Å². The maximum atomic E-state index is 13.4. The van der Waals surface area contributed by atoms with Gasteiger partial charge >= 0.3 is 0 Å². The van der Waals surface area contributed by atoms with Crippen LogP contribution in [0.4, 0.5) is 17.3 Å². The number of hydrogen-bond acceptors (Lipinski definition) is 8. The topological polar surface area (TPSA) is 122 Å². The number of aromatic nitrogens is 3. The van der Waals surface area contributed by atoms with Crippen LogP contribution in [0.5, 0.6) is 5.75 Å². The Kier molecular flexibility index (Phi) is 4.42. The van der Waals surface area contributed by atoms with Gasteiger partial charge in [-0.2, -0.15) is 0 Å². The number of fused-ring (bicyclic) bond motifs is 2. The molecule has 0 radical (unpaired) electrons. The lowest BCUT2D eigenvalue weighted by Crippen LogP contribution is -2.53. The summed E-state index contributed by atoms with van der Waals surface area (Å²) in [5, 5.41) is 12.3. The van der Waals surface area contributed by atoms with Gasteiger partial charge in [-0.15, -0.1) is 0 Å². The molecule has 1 spiro atoms. The van der Waals surface area contributed by atoms with Crippen molar-refractivity contribution in [2.24, 2.45) is 0 Å². The minimum Gasteiger partial charge on any atom is -0.490 e. The second-order valence-electron chi connectivity index (χ2n) is 6.95. The Bertz CT molecular complexity index is 995. The number of nitrogens with zero attached hydrogens (tertiary/aromatic N) is 3. The van der Waals surface area contributed by atoms with Crippen molar-refractivity contribution in [1.82, 2.24) is 25.2 Å². The molecule has 0 unspecified atom stereocenters. The summed E-state index contributed by atoms with van der Waals surface area (Å²) in [5.74, 6) is 1.07. The zero-order valence-corrected chi connectivity index (χ0v) is 16.0. The van der Waals surface area contributed by atoms with Crippen molar-refractivity contribution in [2.45, 2.75) is 25.4 Å². The highest BCUT2D eigenvalue weighted by Crippen LogP contribution is 2.34. The van der Waals surface area contributed by atoms with Gasteiger partial charge in [0.25, 0.3) is 11.5 Å². The number of methoxy groups -OCH3 is 1. The molecule has 0 saturated carbocycles. The summed E-state index contributed by atoms with van der Waals surface area (Å²) in [6.45, 7) is 3.29. The molecule has 1 fully saturated rings. The molecule has 2 aliphatic heterocycles. The average molecular weight is 385 g/mol. The number of amides is 1. The molecule has 1 saturated heterocycles. The molecule has 4 rings (SSSR count). The van der Waals surface area contributed by atoms with Crippen molar-refractivity contribution in [1.29, 1.82) is 0 Å². The molecule has 2 aliphatic rings. The van der Waals surface area contributed by atoms with Gasteiger partial charge < -0.3 is 26.0 Å². The van der Waals surface area contributed by atoms with Gasteiger partial charge in [0.15, 0.2) is 11.6 Å². The molecule has 1 amide bonds. The lowest BCUT2D eigenvalue weighted by molar-refractivity contribution is 0.0886. The molecular weight excluding hydrogens is 362 g/mol. The zero-order valence-electron chi connectivity index (χ0n) is 16.0. The molecule has 10 heteroatoms. The smallest absolute Gasteiger partial charge is 0.276 e. The van der Waals surface area contributed by atoms with Gasteiger partial charge in [0.05, 0.1) is 7.11 Å². The van der Waals surface area contributed by atoms with Gasteiger partial charge in [-0.05, 0) is 31.6 Å². The third kappa shape index (κ3) is 2.68. The number of carbonyl (C=O) groups is 1. The Labute approximate surface area is 161 Å². The van der Waals surface area contributed by atoms with Crippen LogP contribution in [0.15, 0.2) is 17.2 Å². The van der Waals surface area contributed by atoms with E-state index in [0.29, 0.717) is 41.6 Å². The average Bonchev–Trinajstić information content (AvgIpc) is 2.98. The second kappa shape index (κ2) is 6.79. The lowest BCUT2D eigenvalue weighted by Gasteiger charge is -2.35. The summed E-state index contributed by atoms with van der Waals surface area (Å²) in [4.78, 5) is 34.3. The molecule has 148 valence electrons. The molecule has 2 aromatic rings. The molecule has 28 heavy (non-hydrogen) atoms. The van der Waals surface area contributed by atoms with E-state index in [2.05, 4.69) is 31.2 Å². The van der Waals surface area contributed by atoms with Gasteiger partial charge in [0.1, 0.15) is 23.4 Å². The number of rotatable bonds is 4. The Balaban J connectivity index is 1.84. The van der Waals surface area contributed by atoms with Gasteiger partial charge in [-0.1, -0.05) is 0 Å². The normalized spacial score (nSPS) is 17.2. The summed E-state index contributed by atoms with van der Waals surface area (Å²) in [6.07, 6.45) is 2.68. The van der Waals surface area contributed by atoms with E-state index in [4.69, 9.17) is 4.74 Å². The molecule has 10 nitrogen and oxygen atoms in total. The van der Waals surface area contributed by atoms with Crippen LogP contribution in [0, 0.1) is 6.92 Å². The lowest BCUT2D eigenvalue weighted by atomic mass is 9.98. The Hall–Kier alpha value is -3.14. The highest BCUT2D eigenvalue weighted by atomic mass is 16.5. The van der Waals surface area contributed by atoms with Gasteiger partial charge in [0, 0.05) is 19.9 Å². The van der Waals surface area contributed by atoms with E-state index in [1.807, 2.05) is 6.92 Å². The fraction of sp³-hybridized carbons (Fsp3) is 0.444. The van der Waals surface area contributed by atoms with Crippen molar-refractivity contribution in [3.8, 4) is 5.75 Å². The van der Waals surface area contributed by atoms with Gasteiger partial charge in [-0.25, -0.2) is 9.97 Å². The Morgan fingerprint density at radius 1 is 1.21 bits per heavy atom. The summed E-state index contributed by atoms with van der Waals surface area (Å²) in [6, 6.07) is 1.68. The van der Waals surface area contributed by atoms with E-state index < -0.39 is 5.66 Å². The number of ether oxygens (including phenoxy) is 1. The summed E-state index contributed by atoms with van der Waals surface area (Å²) < 4.78 is 7.01. The van der Waals surface area contributed by atoms with E-state index >= 15 is 0 Å². The molecule has 2 aromatic heterocycles. The third-order valence-corrected chi connectivity index (χ3v) is 5.31. The molecule has 0 atom stereocenters. The maximum absolute atomic E-state index is 13.4. The predicted molar refractivity (Wildman–Crippen MR) is 104 cm³/mol. The van der Waals surface area contributed by atoms with Crippen LogP contribution >= 0.6 is 0 Å². The number of anilines is 3. The first-order valence-electron chi connectivity index (χ1n) is 9.15. The van der Waals surface area contributed by atoms with E-state index in [9.17, 15) is 9.59 Å². The highest BCUT2D eigenvalue weighted by molar-refractivity contribution is 5.97. The first-order chi connectivity index (χ1) is 13.5. The largest absolute Gasteiger partial charge is 0.490 e. The van der Waals surface area contributed by atoms with Gasteiger partial charge in [-0.3, -0.25) is 14.2 Å². The second-order valence-corrected chi connectivity index (χ2v) is 6.95.